The quantitative estimate of drug-likeness (QED) is 0.264. The van der Waals surface area contributed by atoms with Crippen LogP contribution in [0, 0.1) is 12.7 Å². The van der Waals surface area contributed by atoms with Gasteiger partial charge in [-0.1, -0.05) is 0 Å². The van der Waals surface area contributed by atoms with E-state index in [4.69, 9.17) is 4.74 Å². The number of hydrogen-bond acceptors (Lipinski definition) is 8. The van der Waals surface area contributed by atoms with Gasteiger partial charge in [-0.15, -0.1) is 0 Å². The zero-order chi connectivity index (χ0) is 26.3. The van der Waals surface area contributed by atoms with Crippen molar-refractivity contribution in [1.29, 1.82) is 0 Å². The molecule has 5 aromatic rings. The number of nitrogens with one attached hydrogen (secondary N) is 3. The standard InChI is InChI=1S/C28H28FN9O/c1-17-13-20-21(31-17)6-7-23(27(20)29)39-28-33-24(32-25-14-22(35-36-25)18-4-5-18)15-26(34-28)38-11-9-37(10-12-38)19-3-2-8-30-16-19/h2-3,6-8,13-16,18,31H,4-5,9-12H2,1H3,(H2,32,33,34,35,36). The molecule has 1 aromatic carbocycles. The van der Waals surface area contributed by atoms with Crippen LogP contribution >= 0.6 is 0 Å². The highest BCUT2D eigenvalue weighted by Gasteiger charge is 2.26. The number of anilines is 4. The second kappa shape index (κ2) is 9.57. The highest BCUT2D eigenvalue weighted by Crippen LogP contribution is 2.40. The Balaban J connectivity index is 1.17. The summed E-state index contributed by atoms with van der Waals surface area (Å²) in [6.07, 6.45) is 6.02. The Bertz CT molecular complexity index is 1620. The molecular weight excluding hydrogens is 497 g/mol. The number of piperazine rings is 1. The van der Waals surface area contributed by atoms with Crippen LogP contribution < -0.4 is 19.9 Å². The first kappa shape index (κ1) is 23.4. The fourth-order valence-corrected chi connectivity index (χ4v) is 5.02. The lowest BCUT2D eigenvalue weighted by Gasteiger charge is -2.36. The van der Waals surface area contributed by atoms with Gasteiger partial charge in [0.05, 0.1) is 11.9 Å². The molecule has 3 N–H and O–H groups in total. The first-order chi connectivity index (χ1) is 19.1. The van der Waals surface area contributed by atoms with Gasteiger partial charge in [-0.2, -0.15) is 15.1 Å². The Kier molecular flexibility index (Phi) is 5.75. The third-order valence-electron chi connectivity index (χ3n) is 7.22. The number of nitrogens with zero attached hydrogens (tertiary/aromatic N) is 6. The molecule has 7 rings (SSSR count). The second-order valence-electron chi connectivity index (χ2n) is 10.1. The van der Waals surface area contributed by atoms with Crippen molar-refractivity contribution in [3.63, 3.8) is 0 Å². The summed E-state index contributed by atoms with van der Waals surface area (Å²) in [6.45, 7) is 5.03. The predicted molar refractivity (Wildman–Crippen MR) is 148 cm³/mol. The molecule has 0 atom stereocenters. The van der Waals surface area contributed by atoms with E-state index in [1.807, 2.05) is 31.3 Å². The minimum absolute atomic E-state index is 0.0631. The average molecular weight is 526 g/mol. The summed E-state index contributed by atoms with van der Waals surface area (Å²) >= 11 is 0. The van der Waals surface area contributed by atoms with Crippen LogP contribution in [0.3, 0.4) is 0 Å². The van der Waals surface area contributed by atoms with E-state index in [1.165, 1.54) is 12.8 Å². The molecule has 1 saturated heterocycles. The lowest BCUT2D eigenvalue weighted by Crippen LogP contribution is -2.46. The average Bonchev–Trinajstić information content (AvgIpc) is 3.58. The van der Waals surface area contributed by atoms with Crippen LogP contribution in [0.15, 0.2) is 54.9 Å². The fourth-order valence-electron chi connectivity index (χ4n) is 5.02. The maximum absolute atomic E-state index is 15.3. The molecule has 0 radical (unpaired) electrons. The number of aromatic nitrogens is 6. The summed E-state index contributed by atoms with van der Waals surface area (Å²) in [5.41, 5.74) is 3.81. The van der Waals surface area contributed by atoms with Crippen molar-refractivity contribution < 1.29 is 9.13 Å². The second-order valence-corrected chi connectivity index (χ2v) is 10.1. The molecule has 0 unspecified atom stereocenters. The number of pyridine rings is 1. The van der Waals surface area contributed by atoms with Crippen LogP contribution in [-0.2, 0) is 0 Å². The Hall–Kier alpha value is -4.67. The van der Waals surface area contributed by atoms with Crippen LogP contribution in [0.5, 0.6) is 11.8 Å². The third-order valence-corrected chi connectivity index (χ3v) is 7.22. The molecule has 4 aromatic heterocycles. The van der Waals surface area contributed by atoms with Gasteiger partial charge in [-0.05, 0) is 50.1 Å². The molecule has 0 bridgehead atoms. The van der Waals surface area contributed by atoms with E-state index in [1.54, 1.807) is 24.4 Å². The van der Waals surface area contributed by atoms with Gasteiger partial charge in [0, 0.05) is 72.7 Å². The van der Waals surface area contributed by atoms with Crippen molar-refractivity contribution in [2.75, 3.05) is 41.3 Å². The maximum Gasteiger partial charge on any atom is 0.326 e. The van der Waals surface area contributed by atoms with Crippen LogP contribution in [0.25, 0.3) is 10.9 Å². The van der Waals surface area contributed by atoms with E-state index < -0.39 is 5.82 Å². The van der Waals surface area contributed by atoms with E-state index in [-0.39, 0.29) is 11.8 Å². The molecule has 0 amide bonds. The smallest absolute Gasteiger partial charge is 0.326 e. The number of aromatic amines is 2. The molecule has 1 aliphatic carbocycles. The summed E-state index contributed by atoms with van der Waals surface area (Å²) in [5.74, 6) is 2.07. The van der Waals surface area contributed by atoms with E-state index in [0.717, 1.165) is 43.3 Å². The molecule has 2 fully saturated rings. The highest BCUT2D eigenvalue weighted by atomic mass is 19.1. The number of fused-ring (bicyclic) bond motifs is 1. The summed E-state index contributed by atoms with van der Waals surface area (Å²) in [5, 5.41) is 11.2. The molecular formula is C28H28FN9O. The Morgan fingerprint density at radius 1 is 1.00 bits per heavy atom. The Morgan fingerprint density at radius 2 is 1.85 bits per heavy atom. The number of halogens is 1. The first-order valence-corrected chi connectivity index (χ1v) is 13.2. The Morgan fingerprint density at radius 3 is 2.64 bits per heavy atom. The van der Waals surface area contributed by atoms with Gasteiger partial charge < -0.3 is 24.8 Å². The van der Waals surface area contributed by atoms with Crippen molar-refractivity contribution in [3.05, 3.63) is 72.1 Å². The summed E-state index contributed by atoms with van der Waals surface area (Å²) < 4.78 is 21.3. The number of aryl methyl sites for hydroxylation is 1. The van der Waals surface area contributed by atoms with Crippen LogP contribution in [0.2, 0.25) is 0 Å². The van der Waals surface area contributed by atoms with Gasteiger partial charge in [0.25, 0.3) is 0 Å². The van der Waals surface area contributed by atoms with Crippen LogP contribution in [0.4, 0.5) is 27.5 Å². The molecule has 1 aliphatic heterocycles. The van der Waals surface area contributed by atoms with Crippen molar-refractivity contribution in [2.45, 2.75) is 25.7 Å². The number of H-pyrrole nitrogens is 2. The first-order valence-electron chi connectivity index (χ1n) is 13.2. The fraction of sp³-hybridized carbons (Fsp3) is 0.286. The maximum atomic E-state index is 15.3. The van der Waals surface area contributed by atoms with E-state index >= 15 is 4.39 Å². The van der Waals surface area contributed by atoms with E-state index in [9.17, 15) is 0 Å². The summed E-state index contributed by atoms with van der Waals surface area (Å²) in [6, 6.07) is 13.1. The van der Waals surface area contributed by atoms with Crippen molar-refractivity contribution >= 4 is 34.0 Å². The zero-order valence-corrected chi connectivity index (χ0v) is 21.5. The molecule has 39 heavy (non-hydrogen) atoms. The minimum atomic E-state index is -0.452. The van der Waals surface area contributed by atoms with E-state index in [0.29, 0.717) is 34.3 Å². The van der Waals surface area contributed by atoms with Crippen LogP contribution in [0.1, 0.15) is 30.1 Å². The Labute approximate surface area is 224 Å². The molecule has 1 saturated carbocycles. The number of hydrogen-bond donors (Lipinski definition) is 3. The summed E-state index contributed by atoms with van der Waals surface area (Å²) in [4.78, 5) is 21.1. The SMILES string of the molecule is Cc1cc2c(F)c(Oc3nc(Nc4cc(C5CC5)[nH]n4)cc(N4CCN(c5cccnc5)CC4)n3)ccc2[nH]1. The molecule has 2 aliphatic rings. The minimum Gasteiger partial charge on any atom is -0.421 e. The normalized spacial score (nSPS) is 15.6. The van der Waals surface area contributed by atoms with Gasteiger partial charge in [-0.3, -0.25) is 10.1 Å². The summed E-state index contributed by atoms with van der Waals surface area (Å²) in [7, 11) is 0. The van der Waals surface area contributed by atoms with Gasteiger partial charge in [0.15, 0.2) is 17.4 Å². The lowest BCUT2D eigenvalue weighted by molar-refractivity contribution is 0.414. The van der Waals surface area contributed by atoms with Crippen molar-refractivity contribution in [3.8, 4) is 11.8 Å². The zero-order valence-electron chi connectivity index (χ0n) is 21.5. The van der Waals surface area contributed by atoms with Gasteiger partial charge in [0.2, 0.25) is 0 Å². The van der Waals surface area contributed by atoms with Crippen molar-refractivity contribution in [2.24, 2.45) is 0 Å². The molecule has 11 heteroatoms. The monoisotopic (exact) mass is 525 g/mol. The molecule has 5 heterocycles. The van der Waals surface area contributed by atoms with Gasteiger partial charge in [-0.25, -0.2) is 4.39 Å². The van der Waals surface area contributed by atoms with Crippen molar-refractivity contribution in [1.82, 2.24) is 30.1 Å². The molecule has 10 nitrogen and oxygen atoms in total. The number of rotatable bonds is 7. The number of benzene rings is 1. The van der Waals surface area contributed by atoms with Gasteiger partial charge in [0.1, 0.15) is 11.6 Å². The van der Waals surface area contributed by atoms with Crippen LogP contribution in [-0.4, -0.2) is 56.3 Å². The third kappa shape index (κ3) is 4.83. The highest BCUT2D eigenvalue weighted by molar-refractivity contribution is 5.82. The topological polar surface area (TPSA) is 111 Å². The lowest BCUT2D eigenvalue weighted by atomic mass is 10.2. The molecule has 0 spiro atoms. The number of ether oxygens (including phenoxy) is 1. The predicted octanol–water partition coefficient (Wildman–Crippen LogP) is 5.26. The molecule has 198 valence electrons. The largest absolute Gasteiger partial charge is 0.421 e. The van der Waals surface area contributed by atoms with Gasteiger partial charge >= 0.3 is 6.01 Å². The van der Waals surface area contributed by atoms with E-state index in [2.05, 4.69) is 51.3 Å².